The number of rotatable bonds is 3. The number of benzene rings is 1. The fourth-order valence-corrected chi connectivity index (χ4v) is 2.91. The van der Waals surface area contributed by atoms with Gasteiger partial charge in [0.25, 0.3) is 0 Å². The molecule has 1 aromatic rings. The first kappa shape index (κ1) is 15.6. The van der Waals surface area contributed by atoms with Gasteiger partial charge in [-0.15, -0.1) is 11.8 Å². The third-order valence-electron chi connectivity index (χ3n) is 3.09. The molecule has 0 fully saturated rings. The maximum absolute atomic E-state index is 9.40. The third kappa shape index (κ3) is 3.76. The molecule has 0 bridgehead atoms. The van der Waals surface area contributed by atoms with Crippen LogP contribution in [-0.2, 0) is 5.41 Å². The average molecular weight is 266 g/mol. The third-order valence-corrected chi connectivity index (χ3v) is 4.62. The van der Waals surface area contributed by atoms with Crippen LogP contribution in [-0.4, -0.2) is 16.5 Å². The summed E-state index contributed by atoms with van der Waals surface area (Å²) in [5.41, 5.74) is 4.19. The smallest absolute Gasteiger partial charge is 0.0576 e. The summed E-state index contributed by atoms with van der Waals surface area (Å²) in [7, 11) is 0. The van der Waals surface area contributed by atoms with E-state index in [1.807, 2.05) is 0 Å². The van der Waals surface area contributed by atoms with Gasteiger partial charge in [-0.1, -0.05) is 32.9 Å². The standard InChI is InChI=1S/C16H26OS/c1-11-8-13(15(3,4)5)9-12(2)14(11)18-16(6,7)10-17/h8-9,17H,10H2,1-7H3. The summed E-state index contributed by atoms with van der Waals surface area (Å²) in [6.45, 7) is 15.4. The van der Waals surface area contributed by atoms with Crippen LogP contribution in [0.3, 0.4) is 0 Å². The van der Waals surface area contributed by atoms with Crippen molar-refractivity contribution in [3.8, 4) is 0 Å². The molecule has 2 heteroatoms. The second kappa shape index (κ2) is 5.26. The van der Waals surface area contributed by atoms with Crippen LogP contribution in [0.1, 0.15) is 51.3 Å². The predicted octanol–water partition coefficient (Wildman–Crippen LogP) is 4.46. The molecule has 18 heavy (non-hydrogen) atoms. The number of aliphatic hydroxyl groups is 1. The Morgan fingerprint density at radius 1 is 1.00 bits per heavy atom. The van der Waals surface area contributed by atoms with Crippen molar-refractivity contribution < 1.29 is 5.11 Å². The van der Waals surface area contributed by atoms with Gasteiger partial charge in [-0.3, -0.25) is 0 Å². The number of aryl methyl sites for hydroxylation is 2. The minimum Gasteiger partial charge on any atom is -0.395 e. The molecule has 102 valence electrons. The molecule has 1 nitrogen and oxygen atoms in total. The topological polar surface area (TPSA) is 20.2 Å². The van der Waals surface area contributed by atoms with Crippen molar-refractivity contribution in [2.24, 2.45) is 0 Å². The molecule has 0 unspecified atom stereocenters. The fraction of sp³-hybridized carbons (Fsp3) is 0.625. The van der Waals surface area contributed by atoms with E-state index in [1.54, 1.807) is 11.8 Å². The highest BCUT2D eigenvalue weighted by Crippen LogP contribution is 2.38. The second-order valence-corrected chi connectivity index (χ2v) is 8.43. The summed E-state index contributed by atoms with van der Waals surface area (Å²) in [5, 5.41) is 9.40. The lowest BCUT2D eigenvalue weighted by atomic mass is 9.85. The van der Waals surface area contributed by atoms with Crippen molar-refractivity contribution in [1.82, 2.24) is 0 Å². The zero-order chi connectivity index (χ0) is 14.1. The molecule has 0 spiro atoms. The molecule has 0 aliphatic carbocycles. The Bertz CT molecular complexity index is 404. The summed E-state index contributed by atoms with van der Waals surface area (Å²) < 4.78 is -0.126. The molecule has 1 rings (SSSR count). The monoisotopic (exact) mass is 266 g/mol. The molecule has 0 aromatic heterocycles. The van der Waals surface area contributed by atoms with Gasteiger partial charge in [-0.2, -0.15) is 0 Å². The Morgan fingerprint density at radius 2 is 1.44 bits per heavy atom. The lowest BCUT2D eigenvalue weighted by Gasteiger charge is -2.26. The van der Waals surface area contributed by atoms with Crippen molar-refractivity contribution in [2.75, 3.05) is 6.61 Å². The van der Waals surface area contributed by atoms with E-state index < -0.39 is 0 Å². The number of aliphatic hydroxyl groups excluding tert-OH is 1. The average Bonchev–Trinajstić information content (AvgIpc) is 2.22. The van der Waals surface area contributed by atoms with Crippen LogP contribution in [0.5, 0.6) is 0 Å². The molecule has 0 atom stereocenters. The summed E-state index contributed by atoms with van der Waals surface area (Å²) in [6.07, 6.45) is 0. The molecular weight excluding hydrogens is 240 g/mol. The maximum atomic E-state index is 9.40. The molecule has 0 heterocycles. The molecule has 0 aliphatic rings. The Labute approximate surface area is 116 Å². The molecule has 0 aliphatic heterocycles. The first-order valence-electron chi connectivity index (χ1n) is 6.48. The first-order valence-corrected chi connectivity index (χ1v) is 7.30. The molecular formula is C16H26OS. The van der Waals surface area contributed by atoms with Crippen LogP contribution in [0.2, 0.25) is 0 Å². The van der Waals surface area contributed by atoms with Crippen molar-refractivity contribution in [3.05, 3.63) is 28.8 Å². The summed E-state index contributed by atoms with van der Waals surface area (Å²) in [6, 6.07) is 4.56. The quantitative estimate of drug-likeness (QED) is 0.815. The van der Waals surface area contributed by atoms with Gasteiger partial charge in [0.1, 0.15) is 0 Å². The van der Waals surface area contributed by atoms with E-state index >= 15 is 0 Å². The van der Waals surface area contributed by atoms with Gasteiger partial charge in [-0.25, -0.2) is 0 Å². The Morgan fingerprint density at radius 3 is 1.78 bits per heavy atom. The highest BCUT2D eigenvalue weighted by molar-refractivity contribution is 8.00. The van der Waals surface area contributed by atoms with E-state index in [4.69, 9.17) is 0 Å². The molecule has 0 saturated heterocycles. The second-order valence-electron chi connectivity index (χ2n) is 6.71. The Hall–Kier alpha value is -0.470. The zero-order valence-corrected chi connectivity index (χ0v) is 13.5. The van der Waals surface area contributed by atoms with E-state index in [-0.39, 0.29) is 16.8 Å². The van der Waals surface area contributed by atoms with Crippen LogP contribution in [0, 0.1) is 13.8 Å². The van der Waals surface area contributed by atoms with E-state index in [1.165, 1.54) is 21.6 Å². The summed E-state index contributed by atoms with van der Waals surface area (Å²) in [4.78, 5) is 1.31. The van der Waals surface area contributed by atoms with Crippen LogP contribution < -0.4 is 0 Å². The van der Waals surface area contributed by atoms with Crippen LogP contribution in [0.15, 0.2) is 17.0 Å². The number of thioether (sulfide) groups is 1. The minimum absolute atomic E-state index is 0.126. The predicted molar refractivity (Wildman–Crippen MR) is 81.6 cm³/mol. The van der Waals surface area contributed by atoms with Gasteiger partial charge in [0.15, 0.2) is 0 Å². The van der Waals surface area contributed by atoms with Crippen molar-refractivity contribution in [1.29, 1.82) is 0 Å². The molecule has 1 N–H and O–H groups in total. The first-order chi connectivity index (χ1) is 8.07. The van der Waals surface area contributed by atoms with Crippen molar-refractivity contribution in [3.63, 3.8) is 0 Å². The number of hydrogen-bond acceptors (Lipinski definition) is 2. The fourth-order valence-electron chi connectivity index (χ4n) is 1.85. The summed E-state index contributed by atoms with van der Waals surface area (Å²) in [5.74, 6) is 0. The Kier molecular flexibility index (Phi) is 4.56. The maximum Gasteiger partial charge on any atom is 0.0576 e. The normalized spacial score (nSPS) is 12.9. The van der Waals surface area contributed by atoms with E-state index in [9.17, 15) is 5.11 Å². The highest BCUT2D eigenvalue weighted by atomic mass is 32.2. The van der Waals surface area contributed by atoms with Gasteiger partial charge < -0.3 is 5.11 Å². The van der Waals surface area contributed by atoms with Gasteiger partial charge in [-0.05, 0) is 49.8 Å². The van der Waals surface area contributed by atoms with E-state index in [2.05, 4.69) is 60.6 Å². The van der Waals surface area contributed by atoms with E-state index in [0.29, 0.717) is 0 Å². The minimum atomic E-state index is -0.126. The van der Waals surface area contributed by atoms with Gasteiger partial charge in [0.2, 0.25) is 0 Å². The largest absolute Gasteiger partial charge is 0.395 e. The lowest BCUT2D eigenvalue weighted by Crippen LogP contribution is -2.20. The SMILES string of the molecule is Cc1cc(C(C)(C)C)cc(C)c1SC(C)(C)CO. The van der Waals surface area contributed by atoms with Crippen LogP contribution in [0.4, 0.5) is 0 Å². The van der Waals surface area contributed by atoms with Gasteiger partial charge in [0.05, 0.1) is 6.61 Å². The molecule has 1 aromatic carbocycles. The summed E-state index contributed by atoms with van der Waals surface area (Å²) >= 11 is 1.77. The molecule has 0 amide bonds. The van der Waals surface area contributed by atoms with Crippen molar-refractivity contribution >= 4 is 11.8 Å². The van der Waals surface area contributed by atoms with Crippen molar-refractivity contribution in [2.45, 2.75) is 63.5 Å². The van der Waals surface area contributed by atoms with Gasteiger partial charge >= 0.3 is 0 Å². The van der Waals surface area contributed by atoms with Crippen LogP contribution >= 0.6 is 11.8 Å². The highest BCUT2D eigenvalue weighted by Gasteiger charge is 2.22. The molecule has 0 radical (unpaired) electrons. The molecule has 0 saturated carbocycles. The van der Waals surface area contributed by atoms with Crippen LogP contribution in [0.25, 0.3) is 0 Å². The Balaban J connectivity index is 3.18. The van der Waals surface area contributed by atoms with Gasteiger partial charge in [0, 0.05) is 9.64 Å². The lowest BCUT2D eigenvalue weighted by molar-refractivity contribution is 0.265. The zero-order valence-electron chi connectivity index (χ0n) is 12.7. The van der Waals surface area contributed by atoms with E-state index in [0.717, 1.165) is 0 Å². The number of hydrogen-bond donors (Lipinski definition) is 1.